The lowest BCUT2D eigenvalue weighted by molar-refractivity contribution is 0.649. The summed E-state index contributed by atoms with van der Waals surface area (Å²) in [6, 6.07) is 73.0. The molecule has 0 unspecified atom stereocenters. The van der Waals surface area contributed by atoms with Crippen LogP contribution >= 0.6 is 0 Å². The Morgan fingerprint density at radius 2 is 0.600 bits per heavy atom. The van der Waals surface area contributed by atoms with Crippen LogP contribution < -0.4 is 0 Å². The van der Waals surface area contributed by atoms with Crippen molar-refractivity contribution in [2.24, 2.45) is 0 Å². The molecule has 354 valence electrons. The summed E-state index contributed by atoms with van der Waals surface area (Å²) in [5.74, 6) is 0. The SMILES string of the molecule is CC1(C)c2cc3c(cc2-c2cc4c(cc21)-c1c(cc(-c2ccc5c(c2)oc2ccc6ccccc6c25)c2ccccc12)C4(C)C)C(C)(C)c1cc(-c2ccc4c(c2)oc2ccc5ccccc5c24)c2ccccc2c1-3. The Morgan fingerprint density at radius 1 is 0.253 bits per heavy atom. The van der Waals surface area contributed by atoms with Crippen LogP contribution in [0, 0.1) is 0 Å². The lowest BCUT2D eigenvalue weighted by atomic mass is 9.78. The molecule has 0 amide bonds. The van der Waals surface area contributed by atoms with Gasteiger partial charge < -0.3 is 8.83 Å². The molecule has 0 atom stereocenters. The summed E-state index contributed by atoms with van der Waals surface area (Å²) < 4.78 is 13.3. The van der Waals surface area contributed by atoms with Crippen molar-refractivity contribution in [2.45, 2.75) is 57.8 Å². The van der Waals surface area contributed by atoms with Crippen LogP contribution in [0.1, 0.15) is 74.9 Å². The highest BCUT2D eigenvalue weighted by Crippen LogP contribution is 2.62. The van der Waals surface area contributed by atoms with Gasteiger partial charge in [-0.05, 0) is 205 Å². The summed E-state index contributed by atoms with van der Waals surface area (Å²) in [6.45, 7) is 14.7. The summed E-state index contributed by atoms with van der Waals surface area (Å²) in [6.07, 6.45) is 0. The molecule has 0 aliphatic heterocycles. The van der Waals surface area contributed by atoms with Crippen LogP contribution in [0.3, 0.4) is 0 Å². The van der Waals surface area contributed by atoms with Crippen molar-refractivity contribution in [1.29, 1.82) is 0 Å². The Morgan fingerprint density at radius 3 is 1.04 bits per heavy atom. The predicted octanol–water partition coefficient (Wildman–Crippen LogP) is 20.4. The second kappa shape index (κ2) is 13.9. The normalized spacial score (nSPS) is 15.4. The van der Waals surface area contributed by atoms with Gasteiger partial charge in [0.25, 0.3) is 0 Å². The third kappa shape index (κ3) is 5.24. The van der Waals surface area contributed by atoms with E-state index in [2.05, 4.69) is 236 Å². The van der Waals surface area contributed by atoms with Crippen LogP contribution in [-0.4, -0.2) is 0 Å². The molecule has 0 N–H and O–H groups in total. The van der Waals surface area contributed by atoms with Crippen LogP contribution in [0.15, 0.2) is 203 Å². The van der Waals surface area contributed by atoms with Crippen molar-refractivity contribution in [3.05, 3.63) is 228 Å². The topological polar surface area (TPSA) is 26.3 Å². The summed E-state index contributed by atoms with van der Waals surface area (Å²) in [7, 11) is 0. The highest BCUT2D eigenvalue weighted by molar-refractivity contribution is 6.21. The number of hydrogen-bond acceptors (Lipinski definition) is 2. The van der Waals surface area contributed by atoms with E-state index in [1.54, 1.807) is 0 Å². The van der Waals surface area contributed by atoms with E-state index in [0.717, 1.165) is 33.1 Å². The lowest BCUT2D eigenvalue weighted by Crippen LogP contribution is -2.17. The first kappa shape index (κ1) is 41.7. The molecular weight excluding hydrogens is 909 g/mol. The van der Waals surface area contributed by atoms with Crippen molar-refractivity contribution < 1.29 is 8.83 Å². The quantitative estimate of drug-likeness (QED) is 0.173. The molecule has 75 heavy (non-hydrogen) atoms. The first-order valence-corrected chi connectivity index (χ1v) is 26.6. The van der Waals surface area contributed by atoms with E-state index >= 15 is 0 Å². The van der Waals surface area contributed by atoms with Crippen LogP contribution in [0.2, 0.25) is 0 Å². The average Bonchev–Trinajstić information content (AvgIpc) is 4.27. The minimum atomic E-state index is -0.242. The van der Waals surface area contributed by atoms with E-state index < -0.39 is 0 Å². The van der Waals surface area contributed by atoms with Gasteiger partial charge in [-0.25, -0.2) is 0 Å². The third-order valence-electron chi connectivity index (χ3n) is 18.6. The number of furan rings is 2. The molecule has 14 aromatic rings. The van der Waals surface area contributed by atoms with E-state index in [-0.39, 0.29) is 16.2 Å². The number of benzene rings is 12. The van der Waals surface area contributed by atoms with E-state index in [1.807, 2.05) is 0 Å². The highest BCUT2D eigenvalue weighted by atomic mass is 16.3. The van der Waals surface area contributed by atoms with Gasteiger partial charge in [-0.3, -0.25) is 0 Å². The Balaban J connectivity index is 0.802. The lowest BCUT2D eigenvalue weighted by Gasteiger charge is -2.25. The molecular formula is C73H50O2. The zero-order valence-electron chi connectivity index (χ0n) is 42.8. The third-order valence-corrected chi connectivity index (χ3v) is 18.6. The van der Waals surface area contributed by atoms with Crippen molar-refractivity contribution in [3.63, 3.8) is 0 Å². The molecule has 0 radical (unpaired) electrons. The predicted molar refractivity (Wildman–Crippen MR) is 315 cm³/mol. The molecule has 2 heteroatoms. The van der Waals surface area contributed by atoms with E-state index in [9.17, 15) is 0 Å². The van der Waals surface area contributed by atoms with Gasteiger partial charge in [-0.15, -0.1) is 0 Å². The fraction of sp³-hybridized carbons (Fsp3) is 0.123. The molecule has 2 aromatic heterocycles. The summed E-state index contributed by atoms with van der Waals surface area (Å²) in [4.78, 5) is 0. The van der Waals surface area contributed by atoms with Crippen molar-refractivity contribution in [3.8, 4) is 55.6 Å². The molecule has 17 rings (SSSR count). The van der Waals surface area contributed by atoms with Crippen LogP contribution in [0.4, 0.5) is 0 Å². The molecule has 0 saturated heterocycles. The van der Waals surface area contributed by atoms with Gasteiger partial charge in [0.15, 0.2) is 0 Å². The molecule has 2 heterocycles. The fourth-order valence-corrected chi connectivity index (χ4v) is 14.8. The first-order chi connectivity index (χ1) is 36.4. The van der Waals surface area contributed by atoms with Gasteiger partial charge in [0.05, 0.1) is 0 Å². The van der Waals surface area contributed by atoms with Crippen LogP contribution in [0.25, 0.3) is 143 Å². The first-order valence-electron chi connectivity index (χ1n) is 26.6. The van der Waals surface area contributed by atoms with Gasteiger partial charge in [-0.2, -0.15) is 0 Å². The van der Waals surface area contributed by atoms with Gasteiger partial charge >= 0.3 is 0 Å². The molecule has 12 aromatic carbocycles. The monoisotopic (exact) mass is 958 g/mol. The highest BCUT2D eigenvalue weighted by Gasteiger charge is 2.45. The van der Waals surface area contributed by atoms with Crippen molar-refractivity contribution in [1.82, 2.24) is 0 Å². The summed E-state index contributed by atoms with van der Waals surface area (Å²) in [5, 5.41) is 14.7. The largest absolute Gasteiger partial charge is 0.456 e. The molecule has 0 fully saturated rings. The van der Waals surface area contributed by atoms with E-state index in [1.165, 1.54) is 143 Å². The maximum atomic E-state index is 6.64. The molecule has 2 nitrogen and oxygen atoms in total. The fourth-order valence-electron chi connectivity index (χ4n) is 14.8. The molecule has 0 saturated carbocycles. The van der Waals surface area contributed by atoms with Gasteiger partial charge in [0.2, 0.25) is 0 Å². The number of hydrogen-bond donors (Lipinski definition) is 0. The van der Waals surface area contributed by atoms with Crippen LogP contribution in [-0.2, 0) is 16.2 Å². The summed E-state index contributed by atoms with van der Waals surface area (Å²) >= 11 is 0. The Hall–Kier alpha value is -8.72. The number of fused-ring (bicyclic) bond motifs is 23. The molecule has 0 spiro atoms. The molecule has 3 aliphatic carbocycles. The standard InChI is InChI=1S/C73H50O2/c1-71(2)57-37-55-59(72(3,4)61-33-51(45-19-11-13-21-47(45)67(55)61)41-23-27-49-65(31-41)74-63-29-25-39-15-7-9-17-43(39)69(49)63)35-53(57)54-36-60-56(38-58(54)71)68-48-22-14-12-20-46(48)52(34-62(68)73(60,5)6)42-24-28-50-66(32-42)75-64-30-26-40-16-8-10-18-44(40)70(50)64/h7-38H,1-6H3. The van der Waals surface area contributed by atoms with Gasteiger partial charge in [0, 0.05) is 37.8 Å². The van der Waals surface area contributed by atoms with Crippen molar-refractivity contribution in [2.75, 3.05) is 0 Å². The number of rotatable bonds is 2. The average molecular weight is 959 g/mol. The van der Waals surface area contributed by atoms with Gasteiger partial charge in [-0.1, -0.05) is 163 Å². The second-order valence-corrected chi connectivity index (χ2v) is 23.5. The molecule has 3 aliphatic rings. The molecule has 0 bridgehead atoms. The van der Waals surface area contributed by atoms with Gasteiger partial charge in [0.1, 0.15) is 22.3 Å². The maximum absolute atomic E-state index is 6.64. The zero-order chi connectivity index (χ0) is 50.0. The minimum Gasteiger partial charge on any atom is -0.456 e. The zero-order valence-corrected chi connectivity index (χ0v) is 42.8. The maximum Gasteiger partial charge on any atom is 0.136 e. The second-order valence-electron chi connectivity index (χ2n) is 23.5. The Bertz CT molecular complexity index is 4660. The minimum absolute atomic E-state index is 0.222. The van der Waals surface area contributed by atoms with E-state index in [4.69, 9.17) is 8.83 Å². The Kier molecular flexibility index (Phi) is 7.73. The Labute approximate surface area is 434 Å². The van der Waals surface area contributed by atoms with Crippen LogP contribution in [0.5, 0.6) is 0 Å². The summed E-state index contributed by atoms with van der Waals surface area (Å²) in [5.41, 5.74) is 24.4. The van der Waals surface area contributed by atoms with E-state index in [0.29, 0.717) is 0 Å². The smallest absolute Gasteiger partial charge is 0.136 e. The van der Waals surface area contributed by atoms with Crippen molar-refractivity contribution >= 4 is 87.0 Å².